The molecule has 0 fully saturated rings. The fourth-order valence-electron chi connectivity index (χ4n) is 2.87. The Bertz CT molecular complexity index is 864. The fourth-order valence-corrected chi connectivity index (χ4v) is 4.55. The largest absolute Gasteiger partial charge is 0.363 e. The third-order valence-corrected chi connectivity index (χ3v) is 6.29. The van der Waals surface area contributed by atoms with Gasteiger partial charge >= 0.3 is 0 Å². The second-order valence-electron chi connectivity index (χ2n) is 5.87. The van der Waals surface area contributed by atoms with Gasteiger partial charge in [-0.15, -0.1) is 0 Å². The number of thiocarbonyl (C=S) groups is 1. The van der Waals surface area contributed by atoms with Gasteiger partial charge in [0.1, 0.15) is 0 Å². The average molecular weight is 376 g/mol. The summed E-state index contributed by atoms with van der Waals surface area (Å²) in [6, 6.07) is 14.7. The van der Waals surface area contributed by atoms with E-state index in [1.165, 1.54) is 5.56 Å². The summed E-state index contributed by atoms with van der Waals surface area (Å²) in [6.07, 6.45) is 0.742. The highest BCUT2D eigenvalue weighted by atomic mass is 32.2. The molecule has 0 spiro atoms. The summed E-state index contributed by atoms with van der Waals surface area (Å²) >= 11 is 5.13. The van der Waals surface area contributed by atoms with Gasteiger partial charge in [0.05, 0.1) is 4.90 Å². The van der Waals surface area contributed by atoms with E-state index >= 15 is 0 Å². The molecule has 0 amide bonds. The molecule has 5 nitrogen and oxygen atoms in total. The summed E-state index contributed by atoms with van der Waals surface area (Å²) in [5.74, 6) is 0. The van der Waals surface area contributed by atoms with Gasteiger partial charge in [-0.1, -0.05) is 24.3 Å². The second-order valence-corrected chi connectivity index (χ2v) is 8.21. The van der Waals surface area contributed by atoms with E-state index < -0.39 is 10.0 Å². The number of anilines is 1. The van der Waals surface area contributed by atoms with Gasteiger partial charge in [0, 0.05) is 25.3 Å². The Morgan fingerprint density at radius 1 is 1.12 bits per heavy atom. The van der Waals surface area contributed by atoms with Crippen LogP contribution < -0.4 is 10.6 Å². The molecule has 1 aliphatic heterocycles. The van der Waals surface area contributed by atoms with Crippen LogP contribution in [0.15, 0.2) is 53.4 Å². The van der Waals surface area contributed by atoms with E-state index in [0.717, 1.165) is 24.2 Å². The highest BCUT2D eigenvalue weighted by Crippen LogP contribution is 2.25. The van der Waals surface area contributed by atoms with Crippen molar-refractivity contribution in [3.63, 3.8) is 0 Å². The van der Waals surface area contributed by atoms with E-state index in [0.29, 0.717) is 23.1 Å². The van der Waals surface area contributed by atoms with Crippen LogP contribution in [0.4, 0.5) is 5.69 Å². The van der Waals surface area contributed by atoms with Crippen molar-refractivity contribution in [2.45, 2.75) is 24.8 Å². The van der Waals surface area contributed by atoms with E-state index in [1.807, 2.05) is 25.1 Å². The van der Waals surface area contributed by atoms with Gasteiger partial charge < -0.3 is 10.6 Å². The number of nitrogens with one attached hydrogen (secondary N) is 2. The van der Waals surface area contributed by atoms with Gasteiger partial charge in [-0.3, -0.25) is 0 Å². The van der Waals surface area contributed by atoms with Crippen molar-refractivity contribution in [2.24, 2.45) is 0 Å². The van der Waals surface area contributed by atoms with Crippen LogP contribution in [-0.4, -0.2) is 30.9 Å². The summed E-state index contributed by atoms with van der Waals surface area (Å²) in [4.78, 5) is 0.298. The molecule has 132 valence electrons. The molecule has 25 heavy (non-hydrogen) atoms. The van der Waals surface area contributed by atoms with Crippen LogP contribution >= 0.6 is 12.2 Å². The van der Waals surface area contributed by atoms with Crippen molar-refractivity contribution in [1.29, 1.82) is 0 Å². The Morgan fingerprint density at radius 3 is 2.48 bits per heavy atom. The van der Waals surface area contributed by atoms with E-state index in [4.69, 9.17) is 12.2 Å². The topological polar surface area (TPSA) is 61.4 Å². The first-order valence-electron chi connectivity index (χ1n) is 8.22. The number of benzene rings is 2. The average Bonchev–Trinajstić information content (AvgIpc) is 2.62. The van der Waals surface area contributed by atoms with E-state index in [1.54, 1.807) is 28.6 Å². The number of nitrogens with zero attached hydrogens (tertiary/aromatic N) is 1. The maximum Gasteiger partial charge on any atom is 0.243 e. The monoisotopic (exact) mass is 375 g/mol. The van der Waals surface area contributed by atoms with Crippen LogP contribution in [0.5, 0.6) is 0 Å². The maximum absolute atomic E-state index is 12.9. The normalized spacial score (nSPS) is 14.6. The zero-order chi connectivity index (χ0) is 17.9. The Morgan fingerprint density at radius 2 is 1.80 bits per heavy atom. The number of hydrogen-bond donors (Lipinski definition) is 2. The molecule has 0 unspecified atom stereocenters. The molecule has 0 atom stereocenters. The molecule has 2 aromatic rings. The molecule has 2 N–H and O–H groups in total. The molecule has 1 aliphatic rings. The standard InChI is InChI=1S/C18H21N3O2S2/c1-2-19-18(24)20-16-7-9-17(10-8-16)25(22,23)21-12-11-14-5-3-4-6-15(14)13-21/h3-10H,2,11-13H2,1H3,(H2,19,20,24). The number of sulfonamides is 1. The lowest BCUT2D eigenvalue weighted by atomic mass is 10.0. The molecule has 0 aliphatic carbocycles. The highest BCUT2D eigenvalue weighted by molar-refractivity contribution is 7.89. The zero-order valence-electron chi connectivity index (χ0n) is 14.0. The fraction of sp³-hybridized carbons (Fsp3) is 0.278. The summed E-state index contributed by atoms with van der Waals surface area (Å²) in [6.45, 7) is 3.61. The van der Waals surface area contributed by atoms with E-state index in [-0.39, 0.29) is 0 Å². The summed E-state index contributed by atoms with van der Waals surface area (Å²) < 4.78 is 27.3. The van der Waals surface area contributed by atoms with Crippen LogP contribution in [0, 0.1) is 0 Å². The van der Waals surface area contributed by atoms with Crippen molar-refractivity contribution in [1.82, 2.24) is 9.62 Å². The molecule has 3 rings (SSSR count). The Kier molecular flexibility index (Phi) is 5.36. The second kappa shape index (κ2) is 7.51. The first kappa shape index (κ1) is 17.8. The number of hydrogen-bond acceptors (Lipinski definition) is 3. The third-order valence-electron chi connectivity index (χ3n) is 4.18. The van der Waals surface area contributed by atoms with Gasteiger partial charge in [0.15, 0.2) is 5.11 Å². The minimum atomic E-state index is -3.50. The van der Waals surface area contributed by atoms with Gasteiger partial charge in [-0.2, -0.15) is 4.31 Å². The predicted octanol–water partition coefficient (Wildman–Crippen LogP) is 2.74. The van der Waals surface area contributed by atoms with Crippen molar-refractivity contribution in [2.75, 3.05) is 18.4 Å². The van der Waals surface area contributed by atoms with Crippen LogP contribution in [0.3, 0.4) is 0 Å². The maximum atomic E-state index is 12.9. The quantitative estimate of drug-likeness (QED) is 0.805. The molecular formula is C18H21N3O2S2. The van der Waals surface area contributed by atoms with Gasteiger partial charge in [-0.25, -0.2) is 8.42 Å². The Balaban J connectivity index is 1.76. The van der Waals surface area contributed by atoms with E-state index in [9.17, 15) is 8.42 Å². The van der Waals surface area contributed by atoms with Gasteiger partial charge in [-0.05, 0) is 61.0 Å². The van der Waals surface area contributed by atoms with Gasteiger partial charge in [0.25, 0.3) is 0 Å². The Hall–Kier alpha value is -1.96. The smallest absolute Gasteiger partial charge is 0.243 e. The molecular weight excluding hydrogens is 354 g/mol. The Labute approximate surface area is 154 Å². The first-order valence-corrected chi connectivity index (χ1v) is 10.1. The molecule has 0 bridgehead atoms. The summed E-state index contributed by atoms with van der Waals surface area (Å²) in [5.41, 5.74) is 3.06. The minimum Gasteiger partial charge on any atom is -0.363 e. The van der Waals surface area contributed by atoms with Crippen LogP contribution in [0.25, 0.3) is 0 Å². The van der Waals surface area contributed by atoms with Crippen molar-refractivity contribution < 1.29 is 8.42 Å². The first-order chi connectivity index (χ1) is 12.0. The lowest BCUT2D eigenvalue weighted by molar-refractivity contribution is 0.391. The molecule has 0 saturated heterocycles. The summed E-state index contributed by atoms with van der Waals surface area (Å²) in [7, 11) is -3.50. The van der Waals surface area contributed by atoms with E-state index in [2.05, 4.69) is 16.7 Å². The third kappa shape index (κ3) is 4.00. The molecule has 1 heterocycles. The molecule has 0 saturated carbocycles. The molecule has 0 aromatic heterocycles. The molecule has 0 radical (unpaired) electrons. The highest BCUT2D eigenvalue weighted by Gasteiger charge is 2.28. The van der Waals surface area contributed by atoms with Crippen molar-refractivity contribution in [3.8, 4) is 0 Å². The minimum absolute atomic E-state index is 0.298. The lowest BCUT2D eigenvalue weighted by Gasteiger charge is -2.28. The van der Waals surface area contributed by atoms with Crippen LogP contribution in [0.2, 0.25) is 0 Å². The predicted molar refractivity (Wildman–Crippen MR) is 104 cm³/mol. The molecule has 2 aromatic carbocycles. The van der Waals surface area contributed by atoms with Crippen molar-refractivity contribution in [3.05, 3.63) is 59.7 Å². The van der Waals surface area contributed by atoms with Crippen LogP contribution in [0.1, 0.15) is 18.1 Å². The summed E-state index contributed by atoms with van der Waals surface area (Å²) in [5, 5.41) is 6.54. The van der Waals surface area contributed by atoms with Gasteiger partial charge in [0.2, 0.25) is 10.0 Å². The van der Waals surface area contributed by atoms with Crippen molar-refractivity contribution >= 4 is 33.0 Å². The molecule has 7 heteroatoms. The zero-order valence-corrected chi connectivity index (χ0v) is 15.7. The SMILES string of the molecule is CCNC(=S)Nc1ccc(S(=O)(=O)N2CCc3ccccc3C2)cc1. The van der Waals surface area contributed by atoms with Crippen LogP contribution in [-0.2, 0) is 23.0 Å². The number of fused-ring (bicyclic) bond motifs is 1. The lowest BCUT2D eigenvalue weighted by Crippen LogP contribution is -2.35. The number of rotatable bonds is 4.